The molecule has 0 aliphatic carbocycles. The minimum absolute atomic E-state index is 0.142. The Morgan fingerprint density at radius 2 is 2.00 bits per heavy atom. The molecule has 0 aromatic carbocycles. The topological polar surface area (TPSA) is 30.7 Å². The second-order valence-electron chi connectivity index (χ2n) is 3.10. The van der Waals surface area contributed by atoms with Crippen LogP contribution in [0.25, 0.3) is 5.69 Å². The predicted octanol–water partition coefficient (Wildman–Crippen LogP) is 3.13. The minimum atomic E-state index is -0.681. The van der Waals surface area contributed by atoms with Crippen LogP contribution in [0.3, 0.4) is 0 Å². The summed E-state index contributed by atoms with van der Waals surface area (Å²) in [5.74, 6) is 0.142. The lowest BCUT2D eigenvalue weighted by Gasteiger charge is -2.01. The Balaban J connectivity index is 2.54. The average Bonchev–Trinajstić information content (AvgIpc) is 2.66. The minimum Gasteiger partial charge on any atom is -0.265 e. The highest BCUT2D eigenvalue weighted by Gasteiger charge is 2.16. The molecule has 0 fully saturated rings. The standard InChI is InChI=1S/C10H8Cl2FN3/c11-5-8-9(6-13)15-16(10(8)12)7-1-3-14-4-2-7/h1-4H,5-6H2. The molecule has 0 N–H and O–H groups in total. The number of rotatable bonds is 3. The molecule has 0 saturated heterocycles. The fraction of sp³-hybridized carbons (Fsp3) is 0.200. The van der Waals surface area contributed by atoms with E-state index in [9.17, 15) is 4.39 Å². The fourth-order valence-corrected chi connectivity index (χ4v) is 2.03. The van der Waals surface area contributed by atoms with Gasteiger partial charge >= 0.3 is 0 Å². The highest BCUT2D eigenvalue weighted by molar-refractivity contribution is 6.31. The van der Waals surface area contributed by atoms with Crippen LogP contribution in [0.1, 0.15) is 11.3 Å². The average molecular weight is 260 g/mol. The summed E-state index contributed by atoms with van der Waals surface area (Å²) in [6.07, 6.45) is 3.23. The van der Waals surface area contributed by atoms with E-state index in [1.807, 2.05) is 0 Å². The quantitative estimate of drug-likeness (QED) is 0.794. The summed E-state index contributed by atoms with van der Waals surface area (Å²) in [5, 5.41) is 4.41. The molecular weight excluding hydrogens is 252 g/mol. The Kier molecular flexibility index (Phi) is 3.41. The van der Waals surface area contributed by atoms with Crippen LogP contribution in [-0.2, 0) is 12.6 Å². The van der Waals surface area contributed by atoms with Gasteiger partial charge in [-0.25, -0.2) is 9.07 Å². The van der Waals surface area contributed by atoms with Crippen molar-refractivity contribution in [2.75, 3.05) is 0 Å². The molecule has 0 unspecified atom stereocenters. The Bertz CT molecular complexity index is 484. The molecule has 6 heteroatoms. The van der Waals surface area contributed by atoms with E-state index in [1.165, 1.54) is 4.68 Å². The lowest BCUT2D eigenvalue weighted by atomic mass is 10.3. The molecular formula is C10H8Cl2FN3. The Morgan fingerprint density at radius 3 is 2.50 bits per heavy atom. The summed E-state index contributed by atoms with van der Waals surface area (Å²) in [4.78, 5) is 3.89. The number of hydrogen-bond donors (Lipinski definition) is 0. The van der Waals surface area contributed by atoms with E-state index in [0.29, 0.717) is 10.7 Å². The first-order chi connectivity index (χ1) is 7.77. The zero-order valence-corrected chi connectivity index (χ0v) is 9.71. The summed E-state index contributed by atoms with van der Waals surface area (Å²) in [6, 6.07) is 3.47. The van der Waals surface area contributed by atoms with E-state index >= 15 is 0 Å². The molecule has 16 heavy (non-hydrogen) atoms. The van der Waals surface area contributed by atoms with Crippen molar-refractivity contribution in [3.63, 3.8) is 0 Å². The third-order valence-corrected chi connectivity index (χ3v) is 2.83. The summed E-state index contributed by atoms with van der Waals surface area (Å²) >= 11 is 11.8. The molecule has 0 spiro atoms. The smallest absolute Gasteiger partial charge is 0.137 e. The maximum atomic E-state index is 12.7. The van der Waals surface area contributed by atoms with Gasteiger partial charge in [0.15, 0.2) is 0 Å². The Hall–Kier alpha value is -1.13. The Morgan fingerprint density at radius 1 is 1.31 bits per heavy atom. The van der Waals surface area contributed by atoms with Gasteiger partial charge in [-0.3, -0.25) is 4.98 Å². The van der Waals surface area contributed by atoms with Crippen LogP contribution < -0.4 is 0 Å². The SMILES string of the molecule is FCc1nn(-c2ccncc2)c(Cl)c1CCl. The van der Waals surface area contributed by atoms with Gasteiger partial charge in [-0.05, 0) is 12.1 Å². The normalized spacial score (nSPS) is 10.7. The number of halogens is 3. The molecule has 84 valence electrons. The van der Waals surface area contributed by atoms with Crippen molar-refractivity contribution in [2.45, 2.75) is 12.6 Å². The van der Waals surface area contributed by atoms with Gasteiger partial charge in [0, 0.05) is 18.0 Å². The van der Waals surface area contributed by atoms with Gasteiger partial charge in [-0.2, -0.15) is 5.10 Å². The van der Waals surface area contributed by atoms with E-state index in [0.717, 1.165) is 5.69 Å². The first-order valence-electron chi connectivity index (χ1n) is 4.56. The molecule has 0 bridgehead atoms. The van der Waals surface area contributed by atoms with Crippen LogP contribution in [0.2, 0.25) is 5.15 Å². The van der Waals surface area contributed by atoms with Gasteiger partial charge in [0.1, 0.15) is 11.8 Å². The summed E-state index contributed by atoms with van der Waals surface area (Å²) in [6.45, 7) is -0.681. The first-order valence-corrected chi connectivity index (χ1v) is 5.47. The van der Waals surface area contributed by atoms with Gasteiger partial charge in [-0.1, -0.05) is 11.6 Å². The molecule has 2 aromatic rings. The highest BCUT2D eigenvalue weighted by atomic mass is 35.5. The largest absolute Gasteiger partial charge is 0.265 e. The monoisotopic (exact) mass is 259 g/mol. The molecule has 2 aromatic heterocycles. The van der Waals surface area contributed by atoms with Crippen LogP contribution in [0, 0.1) is 0 Å². The van der Waals surface area contributed by atoms with Crippen molar-refractivity contribution in [3.05, 3.63) is 40.9 Å². The third-order valence-electron chi connectivity index (χ3n) is 2.17. The molecule has 0 amide bonds. The van der Waals surface area contributed by atoms with E-state index in [-0.39, 0.29) is 11.6 Å². The summed E-state index contributed by atoms with van der Waals surface area (Å²) in [7, 11) is 0. The molecule has 0 aliphatic rings. The second-order valence-corrected chi connectivity index (χ2v) is 3.73. The first kappa shape index (κ1) is 11.4. The summed E-state index contributed by atoms with van der Waals surface area (Å²) in [5.41, 5.74) is 1.53. The number of nitrogens with zero attached hydrogens (tertiary/aromatic N) is 3. The molecule has 2 rings (SSSR count). The molecule has 0 saturated carbocycles. The molecule has 0 atom stereocenters. The molecule has 2 heterocycles. The van der Waals surface area contributed by atoms with E-state index < -0.39 is 6.67 Å². The third kappa shape index (κ3) is 1.90. The lowest BCUT2D eigenvalue weighted by Crippen LogP contribution is -1.96. The van der Waals surface area contributed by atoms with Crippen molar-refractivity contribution in [2.24, 2.45) is 0 Å². The number of pyridine rings is 1. The van der Waals surface area contributed by atoms with Crippen molar-refractivity contribution < 1.29 is 4.39 Å². The van der Waals surface area contributed by atoms with Gasteiger partial charge in [0.2, 0.25) is 0 Å². The van der Waals surface area contributed by atoms with Crippen molar-refractivity contribution in [1.29, 1.82) is 0 Å². The van der Waals surface area contributed by atoms with E-state index in [1.54, 1.807) is 24.5 Å². The maximum Gasteiger partial charge on any atom is 0.137 e. The van der Waals surface area contributed by atoms with E-state index in [2.05, 4.69) is 10.1 Å². The van der Waals surface area contributed by atoms with Crippen molar-refractivity contribution in [3.8, 4) is 5.69 Å². The van der Waals surface area contributed by atoms with Gasteiger partial charge in [0.05, 0.1) is 17.3 Å². The van der Waals surface area contributed by atoms with E-state index in [4.69, 9.17) is 23.2 Å². The van der Waals surface area contributed by atoms with Gasteiger partial charge in [-0.15, -0.1) is 11.6 Å². The number of alkyl halides is 2. The zero-order chi connectivity index (χ0) is 11.5. The van der Waals surface area contributed by atoms with Crippen LogP contribution in [-0.4, -0.2) is 14.8 Å². The lowest BCUT2D eigenvalue weighted by molar-refractivity contribution is 0.471. The van der Waals surface area contributed by atoms with Crippen LogP contribution in [0.4, 0.5) is 4.39 Å². The highest BCUT2D eigenvalue weighted by Crippen LogP contribution is 2.25. The van der Waals surface area contributed by atoms with Gasteiger partial charge in [0.25, 0.3) is 0 Å². The van der Waals surface area contributed by atoms with Crippen molar-refractivity contribution in [1.82, 2.24) is 14.8 Å². The van der Waals surface area contributed by atoms with Crippen LogP contribution in [0.15, 0.2) is 24.5 Å². The fourth-order valence-electron chi connectivity index (χ4n) is 1.37. The molecule has 0 radical (unpaired) electrons. The Labute approximate surface area is 102 Å². The number of hydrogen-bond acceptors (Lipinski definition) is 2. The van der Waals surface area contributed by atoms with Crippen LogP contribution in [0.5, 0.6) is 0 Å². The predicted molar refractivity (Wildman–Crippen MR) is 60.7 cm³/mol. The zero-order valence-electron chi connectivity index (χ0n) is 8.20. The van der Waals surface area contributed by atoms with Gasteiger partial charge < -0.3 is 0 Å². The maximum absolute atomic E-state index is 12.7. The van der Waals surface area contributed by atoms with Crippen LogP contribution >= 0.6 is 23.2 Å². The molecule has 0 aliphatic heterocycles. The molecule has 3 nitrogen and oxygen atoms in total. The van der Waals surface area contributed by atoms with Crippen molar-refractivity contribution >= 4 is 23.2 Å². The second kappa shape index (κ2) is 4.80. The summed E-state index contributed by atoms with van der Waals surface area (Å²) < 4.78 is 14.1. The number of aromatic nitrogens is 3.